The number of amidine groups is 1. The molecule has 11 heavy (non-hydrogen) atoms. The summed E-state index contributed by atoms with van der Waals surface area (Å²) in [5.74, 6) is 0.333. The second-order valence-corrected chi connectivity index (χ2v) is 2.76. The lowest BCUT2D eigenvalue weighted by Gasteiger charge is -2.15. The number of nitrogens with zero attached hydrogens (tertiary/aromatic N) is 1. The molecule has 1 fully saturated rings. The van der Waals surface area contributed by atoms with Crippen molar-refractivity contribution in [3.63, 3.8) is 0 Å². The molecule has 0 aliphatic carbocycles. The third kappa shape index (κ3) is 1.34. The molecule has 0 aromatic carbocycles. The quantitative estimate of drug-likeness (QED) is 0.608. The lowest BCUT2D eigenvalue weighted by atomic mass is 10.1. The van der Waals surface area contributed by atoms with E-state index in [1.54, 1.807) is 11.9 Å². The van der Waals surface area contributed by atoms with E-state index in [2.05, 4.69) is 5.32 Å². The fourth-order valence-electron chi connectivity index (χ4n) is 1.23. The van der Waals surface area contributed by atoms with Gasteiger partial charge in [0.05, 0.1) is 6.04 Å². The van der Waals surface area contributed by atoms with Crippen LogP contribution in [0.15, 0.2) is 0 Å². The molecule has 1 saturated heterocycles. The highest BCUT2D eigenvalue weighted by molar-refractivity contribution is 6.05. The molecule has 0 spiro atoms. The Kier molecular flexibility index (Phi) is 2.12. The highest BCUT2D eigenvalue weighted by Crippen LogP contribution is 2.10. The number of urea groups is 1. The number of hydrogen-bond acceptors (Lipinski definition) is 2. The van der Waals surface area contributed by atoms with Crippen molar-refractivity contribution in [2.45, 2.75) is 25.8 Å². The number of amides is 2. The molecular weight excluding hydrogens is 142 g/mol. The van der Waals surface area contributed by atoms with Crippen LogP contribution < -0.4 is 5.32 Å². The highest BCUT2D eigenvalue weighted by Gasteiger charge is 2.31. The Morgan fingerprint density at radius 1 is 1.73 bits per heavy atom. The SMILES string of the molecule is CCCC1C(=N)NC(=O)N1C. The molecule has 62 valence electrons. The van der Waals surface area contributed by atoms with E-state index in [1.165, 1.54) is 0 Å². The van der Waals surface area contributed by atoms with Crippen LogP contribution in [-0.2, 0) is 0 Å². The molecule has 2 N–H and O–H groups in total. The Bertz CT molecular complexity index is 190. The molecule has 4 heteroatoms. The van der Waals surface area contributed by atoms with Gasteiger partial charge in [-0.2, -0.15) is 0 Å². The van der Waals surface area contributed by atoms with E-state index in [4.69, 9.17) is 5.41 Å². The molecule has 1 rings (SSSR count). The second-order valence-electron chi connectivity index (χ2n) is 2.76. The van der Waals surface area contributed by atoms with Gasteiger partial charge in [-0.25, -0.2) is 4.79 Å². The summed E-state index contributed by atoms with van der Waals surface area (Å²) in [6.07, 6.45) is 1.86. The average molecular weight is 155 g/mol. The zero-order chi connectivity index (χ0) is 8.43. The van der Waals surface area contributed by atoms with Gasteiger partial charge < -0.3 is 4.90 Å². The molecule has 0 radical (unpaired) electrons. The number of rotatable bonds is 2. The Hall–Kier alpha value is -1.06. The lowest BCUT2D eigenvalue weighted by molar-refractivity contribution is 0.215. The van der Waals surface area contributed by atoms with Crippen molar-refractivity contribution >= 4 is 11.9 Å². The second kappa shape index (κ2) is 2.90. The summed E-state index contributed by atoms with van der Waals surface area (Å²) in [4.78, 5) is 12.5. The summed E-state index contributed by atoms with van der Waals surface area (Å²) in [5.41, 5.74) is 0. The van der Waals surface area contributed by atoms with Crippen LogP contribution in [0, 0.1) is 5.41 Å². The third-order valence-electron chi connectivity index (χ3n) is 1.92. The van der Waals surface area contributed by atoms with Gasteiger partial charge in [-0.3, -0.25) is 10.7 Å². The first-order chi connectivity index (χ1) is 5.16. The first kappa shape index (κ1) is 8.04. The summed E-state index contributed by atoms with van der Waals surface area (Å²) in [6, 6.07) is -0.180. The monoisotopic (exact) mass is 155 g/mol. The van der Waals surface area contributed by atoms with Crippen molar-refractivity contribution in [2.75, 3.05) is 7.05 Å². The van der Waals surface area contributed by atoms with Gasteiger partial charge in [0.2, 0.25) is 0 Å². The minimum atomic E-state index is -0.159. The largest absolute Gasteiger partial charge is 0.323 e. The van der Waals surface area contributed by atoms with Gasteiger partial charge in [0, 0.05) is 7.05 Å². The standard InChI is InChI=1S/C7H13N3O/c1-3-4-5-6(8)9-7(11)10(5)2/h5H,3-4H2,1-2H3,(H2,8,9,11). The number of likely N-dealkylation sites (N-methyl/N-ethyl adjacent to an activating group) is 1. The molecular formula is C7H13N3O. The highest BCUT2D eigenvalue weighted by atomic mass is 16.2. The van der Waals surface area contributed by atoms with Crippen molar-refractivity contribution in [1.82, 2.24) is 10.2 Å². The van der Waals surface area contributed by atoms with E-state index in [0.717, 1.165) is 12.8 Å². The summed E-state index contributed by atoms with van der Waals surface area (Å²) >= 11 is 0. The van der Waals surface area contributed by atoms with E-state index in [1.807, 2.05) is 6.92 Å². The Balaban J connectivity index is 2.63. The maximum absolute atomic E-state index is 10.9. The van der Waals surface area contributed by atoms with Gasteiger partial charge in [0.1, 0.15) is 5.84 Å². The molecule has 2 amide bonds. The predicted octanol–water partition coefficient (Wildman–Crippen LogP) is 0.787. The maximum Gasteiger partial charge on any atom is 0.323 e. The van der Waals surface area contributed by atoms with Crippen LogP contribution in [0.1, 0.15) is 19.8 Å². The molecule has 1 unspecified atom stereocenters. The summed E-state index contributed by atoms with van der Waals surface area (Å²) in [5, 5.41) is 9.87. The zero-order valence-corrected chi connectivity index (χ0v) is 6.85. The van der Waals surface area contributed by atoms with Crippen LogP contribution in [0.4, 0.5) is 4.79 Å². The molecule has 0 aromatic rings. The fraction of sp³-hybridized carbons (Fsp3) is 0.714. The van der Waals surface area contributed by atoms with Gasteiger partial charge in [-0.1, -0.05) is 13.3 Å². The maximum atomic E-state index is 10.9. The molecule has 0 bridgehead atoms. The number of nitrogens with one attached hydrogen (secondary N) is 2. The number of carbonyl (C=O) groups excluding carboxylic acids is 1. The van der Waals surface area contributed by atoms with Crippen LogP contribution in [0.3, 0.4) is 0 Å². The first-order valence-corrected chi connectivity index (χ1v) is 3.79. The molecule has 1 heterocycles. The van der Waals surface area contributed by atoms with Crippen molar-refractivity contribution in [1.29, 1.82) is 5.41 Å². The molecule has 1 atom stereocenters. The van der Waals surface area contributed by atoms with Crippen LogP contribution in [0.2, 0.25) is 0 Å². The number of hydrogen-bond donors (Lipinski definition) is 2. The van der Waals surface area contributed by atoms with Crippen LogP contribution >= 0.6 is 0 Å². The lowest BCUT2D eigenvalue weighted by Crippen LogP contribution is -2.30. The van der Waals surface area contributed by atoms with Crippen molar-refractivity contribution < 1.29 is 4.79 Å². The van der Waals surface area contributed by atoms with Gasteiger partial charge in [0.15, 0.2) is 0 Å². The zero-order valence-electron chi connectivity index (χ0n) is 6.85. The van der Waals surface area contributed by atoms with E-state index < -0.39 is 0 Å². The Morgan fingerprint density at radius 2 is 2.36 bits per heavy atom. The van der Waals surface area contributed by atoms with Crippen LogP contribution in [-0.4, -0.2) is 29.9 Å². The summed E-state index contributed by atoms with van der Waals surface area (Å²) in [7, 11) is 1.72. The normalized spacial score (nSPS) is 24.2. The molecule has 1 aliphatic heterocycles. The Morgan fingerprint density at radius 3 is 2.73 bits per heavy atom. The molecule has 4 nitrogen and oxygen atoms in total. The fourth-order valence-corrected chi connectivity index (χ4v) is 1.23. The van der Waals surface area contributed by atoms with Crippen molar-refractivity contribution in [2.24, 2.45) is 0 Å². The molecule has 0 aromatic heterocycles. The topological polar surface area (TPSA) is 56.2 Å². The van der Waals surface area contributed by atoms with Crippen molar-refractivity contribution in [3.8, 4) is 0 Å². The van der Waals surface area contributed by atoms with E-state index in [9.17, 15) is 4.79 Å². The van der Waals surface area contributed by atoms with Gasteiger partial charge in [-0.05, 0) is 6.42 Å². The van der Waals surface area contributed by atoms with Crippen molar-refractivity contribution in [3.05, 3.63) is 0 Å². The minimum Gasteiger partial charge on any atom is -0.317 e. The third-order valence-corrected chi connectivity index (χ3v) is 1.92. The summed E-state index contributed by atoms with van der Waals surface area (Å²) < 4.78 is 0. The van der Waals surface area contributed by atoms with E-state index in [0.29, 0.717) is 5.84 Å². The first-order valence-electron chi connectivity index (χ1n) is 3.79. The van der Waals surface area contributed by atoms with Gasteiger partial charge in [0.25, 0.3) is 0 Å². The van der Waals surface area contributed by atoms with E-state index in [-0.39, 0.29) is 12.1 Å². The molecule has 0 saturated carbocycles. The minimum absolute atomic E-state index is 0.0208. The van der Waals surface area contributed by atoms with Gasteiger partial charge in [-0.15, -0.1) is 0 Å². The number of carbonyl (C=O) groups is 1. The predicted molar refractivity (Wildman–Crippen MR) is 42.7 cm³/mol. The smallest absolute Gasteiger partial charge is 0.317 e. The summed E-state index contributed by atoms with van der Waals surface area (Å²) in [6.45, 7) is 2.05. The van der Waals surface area contributed by atoms with Gasteiger partial charge >= 0.3 is 6.03 Å². The van der Waals surface area contributed by atoms with E-state index >= 15 is 0 Å². The van der Waals surface area contributed by atoms with Crippen LogP contribution in [0.25, 0.3) is 0 Å². The van der Waals surface area contributed by atoms with Crippen LogP contribution in [0.5, 0.6) is 0 Å². The Labute approximate surface area is 66.1 Å². The average Bonchev–Trinajstić information content (AvgIpc) is 2.17. The molecule has 1 aliphatic rings.